The summed E-state index contributed by atoms with van der Waals surface area (Å²) in [7, 11) is -2.70. The van der Waals surface area contributed by atoms with E-state index in [1.54, 1.807) is 0 Å². The minimum absolute atomic E-state index is 0.709. The van der Waals surface area contributed by atoms with E-state index < -0.39 is 16.6 Å². The van der Waals surface area contributed by atoms with Crippen molar-refractivity contribution >= 4 is 16.6 Å². The Hall–Kier alpha value is 0.354. The lowest BCUT2D eigenvalue weighted by Crippen LogP contribution is -2.51. The molecule has 0 aliphatic carbocycles. The van der Waals surface area contributed by atoms with Crippen molar-refractivity contribution in [1.29, 1.82) is 0 Å². The topological polar surface area (TPSA) is 12.5 Å². The molecular weight excluding hydrogens is 254 g/mol. The van der Waals surface area contributed by atoms with E-state index >= 15 is 0 Å². The van der Waals surface area contributed by atoms with Gasteiger partial charge in [-0.15, -0.1) is 0 Å². The second kappa shape index (κ2) is 7.83. The molecule has 0 heterocycles. The second-order valence-corrected chi connectivity index (χ2v) is 16.4. The highest BCUT2D eigenvalue weighted by atomic mass is 28.4. The molecule has 1 unspecified atom stereocenters. The molecule has 0 fully saturated rings. The van der Waals surface area contributed by atoms with E-state index in [2.05, 4.69) is 58.1 Å². The quantitative estimate of drug-likeness (QED) is 0.577. The monoisotopic (exact) mass is 289 g/mol. The molecule has 0 amide bonds. The average Bonchev–Trinajstić information content (AvgIpc) is 2.21. The number of rotatable bonds is 9. The van der Waals surface area contributed by atoms with Crippen molar-refractivity contribution in [3.63, 3.8) is 0 Å². The summed E-state index contributed by atoms with van der Waals surface area (Å²) in [6, 6.07) is 0. The zero-order valence-electron chi connectivity index (χ0n) is 14.0. The lowest BCUT2D eigenvalue weighted by atomic mass is 10.3. The first kappa shape index (κ1) is 18.4. The molecule has 0 aromatic heterocycles. The van der Waals surface area contributed by atoms with Gasteiger partial charge in [0.05, 0.1) is 0 Å². The van der Waals surface area contributed by atoms with Gasteiger partial charge in [-0.1, -0.05) is 39.9 Å². The van der Waals surface area contributed by atoms with Crippen molar-refractivity contribution in [2.75, 3.05) is 19.7 Å². The van der Waals surface area contributed by atoms with Crippen LogP contribution in [0.5, 0.6) is 0 Å². The Labute approximate surface area is 117 Å². The number of hydrogen-bond donors (Lipinski definition) is 0. The Balaban J connectivity index is 4.57. The maximum absolute atomic E-state index is 6.04. The SMILES string of the molecule is CCCCN(CC(C)[Si](C)(C)OCC)[Si](C)(C)C. The van der Waals surface area contributed by atoms with Crippen molar-refractivity contribution in [1.82, 2.24) is 4.57 Å². The number of nitrogens with zero attached hydrogens (tertiary/aromatic N) is 1. The molecule has 0 aliphatic heterocycles. The van der Waals surface area contributed by atoms with Crippen LogP contribution in [0.25, 0.3) is 0 Å². The van der Waals surface area contributed by atoms with Gasteiger partial charge in [0, 0.05) is 6.61 Å². The fourth-order valence-electron chi connectivity index (χ4n) is 2.11. The van der Waals surface area contributed by atoms with E-state index in [4.69, 9.17) is 4.43 Å². The van der Waals surface area contributed by atoms with Gasteiger partial charge in [0.15, 0.2) is 8.32 Å². The van der Waals surface area contributed by atoms with Crippen LogP contribution in [-0.2, 0) is 4.43 Å². The van der Waals surface area contributed by atoms with Crippen molar-refractivity contribution < 1.29 is 4.43 Å². The third-order valence-electron chi connectivity index (χ3n) is 3.93. The molecule has 0 aromatic carbocycles. The maximum atomic E-state index is 6.04. The summed E-state index contributed by atoms with van der Waals surface area (Å²) in [6.45, 7) is 22.3. The van der Waals surface area contributed by atoms with Gasteiger partial charge in [0.25, 0.3) is 0 Å². The Kier molecular flexibility index (Phi) is 7.98. The summed E-state index contributed by atoms with van der Waals surface area (Å²) < 4.78 is 8.81. The summed E-state index contributed by atoms with van der Waals surface area (Å²) in [5.41, 5.74) is 0.709. The van der Waals surface area contributed by atoms with Crippen LogP contribution in [0.2, 0.25) is 38.3 Å². The van der Waals surface area contributed by atoms with E-state index in [1.165, 1.54) is 25.9 Å². The maximum Gasteiger partial charge on any atom is 0.190 e. The summed E-state index contributed by atoms with van der Waals surface area (Å²) in [5.74, 6) is 0. The molecule has 0 saturated carbocycles. The van der Waals surface area contributed by atoms with Crippen LogP contribution < -0.4 is 0 Å². The van der Waals surface area contributed by atoms with E-state index in [9.17, 15) is 0 Å². The smallest absolute Gasteiger partial charge is 0.190 e. The van der Waals surface area contributed by atoms with Crippen molar-refractivity contribution in [3.8, 4) is 0 Å². The van der Waals surface area contributed by atoms with Crippen LogP contribution in [0.15, 0.2) is 0 Å². The first-order valence-corrected chi connectivity index (χ1v) is 14.0. The fraction of sp³-hybridized carbons (Fsp3) is 1.00. The van der Waals surface area contributed by atoms with Crippen LogP contribution in [0.4, 0.5) is 0 Å². The van der Waals surface area contributed by atoms with Gasteiger partial charge in [-0.25, -0.2) is 0 Å². The van der Waals surface area contributed by atoms with E-state index in [1.807, 2.05) is 0 Å². The number of unbranched alkanes of at least 4 members (excludes halogenated alkanes) is 1. The highest BCUT2D eigenvalue weighted by Crippen LogP contribution is 2.26. The van der Waals surface area contributed by atoms with E-state index in [-0.39, 0.29) is 0 Å². The van der Waals surface area contributed by atoms with Gasteiger partial charge in [-0.3, -0.25) is 0 Å². The molecular formula is C14H35NOSi2. The molecule has 0 aromatic rings. The molecule has 2 nitrogen and oxygen atoms in total. The normalized spacial score (nSPS) is 15.2. The lowest BCUT2D eigenvalue weighted by Gasteiger charge is -2.39. The minimum Gasteiger partial charge on any atom is -0.417 e. The summed E-state index contributed by atoms with van der Waals surface area (Å²) in [5, 5.41) is 0. The molecule has 0 spiro atoms. The van der Waals surface area contributed by atoms with Gasteiger partial charge in [0.1, 0.15) is 8.24 Å². The predicted molar refractivity (Wildman–Crippen MR) is 88.4 cm³/mol. The first-order chi connectivity index (χ1) is 8.15. The highest BCUT2D eigenvalue weighted by molar-refractivity contribution is 6.74. The predicted octanol–water partition coefficient (Wildman–Crippen LogP) is 4.56. The van der Waals surface area contributed by atoms with Crippen LogP contribution in [0.3, 0.4) is 0 Å². The van der Waals surface area contributed by atoms with Crippen LogP contribution >= 0.6 is 0 Å². The van der Waals surface area contributed by atoms with Crippen molar-refractivity contribution in [3.05, 3.63) is 0 Å². The van der Waals surface area contributed by atoms with Crippen LogP contribution in [0, 0.1) is 0 Å². The third-order valence-corrected chi connectivity index (χ3v) is 9.82. The third kappa shape index (κ3) is 6.50. The molecule has 4 heteroatoms. The van der Waals surface area contributed by atoms with Crippen molar-refractivity contribution in [2.45, 2.75) is 71.9 Å². The Morgan fingerprint density at radius 2 is 1.61 bits per heavy atom. The van der Waals surface area contributed by atoms with E-state index in [0.717, 1.165) is 6.61 Å². The summed E-state index contributed by atoms with van der Waals surface area (Å²) >= 11 is 0. The van der Waals surface area contributed by atoms with Gasteiger partial charge < -0.3 is 8.99 Å². The average molecular weight is 290 g/mol. The molecule has 0 N–H and O–H groups in total. The molecule has 0 aliphatic rings. The Morgan fingerprint density at radius 3 is 2.00 bits per heavy atom. The van der Waals surface area contributed by atoms with Crippen LogP contribution in [0.1, 0.15) is 33.6 Å². The van der Waals surface area contributed by atoms with Gasteiger partial charge in [0.2, 0.25) is 0 Å². The zero-order chi connectivity index (χ0) is 14.4. The van der Waals surface area contributed by atoms with Gasteiger partial charge >= 0.3 is 0 Å². The highest BCUT2D eigenvalue weighted by Gasteiger charge is 2.34. The molecule has 0 radical (unpaired) electrons. The Bertz CT molecular complexity index is 226. The lowest BCUT2D eigenvalue weighted by molar-refractivity contribution is 0.308. The number of hydrogen-bond acceptors (Lipinski definition) is 2. The standard InChI is InChI=1S/C14H35NOSi2/c1-9-11-12-15(17(4,5)6)13-14(3)18(7,8)16-10-2/h14H,9-13H2,1-8H3. The summed E-state index contributed by atoms with van der Waals surface area (Å²) in [4.78, 5) is 0. The molecule has 18 heavy (non-hydrogen) atoms. The fourth-order valence-corrected chi connectivity index (χ4v) is 5.64. The zero-order valence-corrected chi connectivity index (χ0v) is 16.0. The largest absolute Gasteiger partial charge is 0.417 e. The van der Waals surface area contributed by atoms with Gasteiger partial charge in [-0.05, 0) is 45.1 Å². The van der Waals surface area contributed by atoms with Gasteiger partial charge in [-0.2, -0.15) is 0 Å². The van der Waals surface area contributed by atoms with Crippen molar-refractivity contribution in [2.24, 2.45) is 0 Å². The summed E-state index contributed by atoms with van der Waals surface area (Å²) in [6.07, 6.45) is 2.62. The first-order valence-electron chi connectivity index (χ1n) is 7.54. The molecule has 0 bridgehead atoms. The molecule has 0 rings (SSSR count). The Morgan fingerprint density at radius 1 is 1.06 bits per heavy atom. The molecule has 110 valence electrons. The molecule has 1 atom stereocenters. The molecule has 0 saturated heterocycles. The van der Waals surface area contributed by atoms with Crippen LogP contribution in [-0.4, -0.2) is 40.8 Å². The minimum atomic E-state index is -1.51. The second-order valence-electron chi connectivity index (χ2n) is 6.91. The van der Waals surface area contributed by atoms with E-state index in [0.29, 0.717) is 5.54 Å².